The average molecular weight is 401 g/mol. The maximum Gasteiger partial charge on any atom is 0.281 e. The Kier molecular flexibility index (Phi) is 6.79. The summed E-state index contributed by atoms with van der Waals surface area (Å²) in [5.74, 6) is 4.98. The number of anilines is 1. The van der Waals surface area contributed by atoms with Gasteiger partial charge in [0, 0.05) is 37.2 Å². The Hall–Kier alpha value is -1.96. The molecular weight excluding hydrogens is 368 g/mol. The van der Waals surface area contributed by atoms with E-state index in [1.165, 1.54) is 32.1 Å². The number of para-hydroxylation sites is 1. The van der Waals surface area contributed by atoms with Crippen LogP contribution in [0.15, 0.2) is 29.4 Å². The second kappa shape index (κ2) is 9.69. The molecule has 2 N–H and O–H groups in total. The Morgan fingerprint density at radius 1 is 1.00 bits per heavy atom. The van der Waals surface area contributed by atoms with E-state index in [0.29, 0.717) is 25.3 Å². The van der Waals surface area contributed by atoms with Crippen LogP contribution in [0.5, 0.6) is 0 Å². The molecule has 0 spiro atoms. The SMILES string of the molecule is NOCCCO/N=C1\C(=O)N(C2CCN(C3CCCCC3)CC2)c2ccccc21. The minimum absolute atomic E-state index is 0.0441. The molecule has 4 rings (SSSR count). The highest BCUT2D eigenvalue weighted by molar-refractivity contribution is 6.54. The molecule has 0 unspecified atom stereocenters. The predicted molar refractivity (Wildman–Crippen MR) is 113 cm³/mol. The molecule has 7 heteroatoms. The Bertz CT molecular complexity index is 725. The first-order valence-electron chi connectivity index (χ1n) is 11.0. The lowest BCUT2D eigenvalue weighted by Gasteiger charge is -2.41. The lowest BCUT2D eigenvalue weighted by atomic mass is 9.92. The van der Waals surface area contributed by atoms with Gasteiger partial charge in [-0.25, -0.2) is 5.90 Å². The molecule has 1 amide bonds. The number of benzene rings is 1. The quantitative estimate of drug-likeness (QED) is 0.562. The highest BCUT2D eigenvalue weighted by Gasteiger charge is 2.40. The Morgan fingerprint density at radius 3 is 2.52 bits per heavy atom. The molecule has 0 bridgehead atoms. The van der Waals surface area contributed by atoms with Crippen molar-refractivity contribution in [3.8, 4) is 0 Å². The van der Waals surface area contributed by atoms with Gasteiger partial charge in [-0.15, -0.1) is 0 Å². The third-order valence-electron chi connectivity index (χ3n) is 6.45. The van der Waals surface area contributed by atoms with Gasteiger partial charge in [0.15, 0.2) is 5.71 Å². The van der Waals surface area contributed by atoms with E-state index in [2.05, 4.69) is 14.9 Å². The summed E-state index contributed by atoms with van der Waals surface area (Å²) in [6.07, 6.45) is 9.43. The van der Waals surface area contributed by atoms with E-state index >= 15 is 0 Å². The van der Waals surface area contributed by atoms with E-state index in [-0.39, 0.29) is 11.9 Å². The molecule has 2 fully saturated rings. The first kappa shape index (κ1) is 20.3. The zero-order valence-corrected chi connectivity index (χ0v) is 17.1. The molecular formula is C22H32N4O3. The lowest BCUT2D eigenvalue weighted by molar-refractivity contribution is -0.113. The summed E-state index contributed by atoms with van der Waals surface area (Å²) in [7, 11) is 0. The minimum atomic E-state index is -0.0441. The van der Waals surface area contributed by atoms with Crippen LogP contribution in [0.3, 0.4) is 0 Å². The Balaban J connectivity index is 1.42. The summed E-state index contributed by atoms with van der Waals surface area (Å²) in [5.41, 5.74) is 2.23. The molecule has 1 aromatic rings. The highest BCUT2D eigenvalue weighted by atomic mass is 16.6. The summed E-state index contributed by atoms with van der Waals surface area (Å²) in [6, 6.07) is 8.87. The van der Waals surface area contributed by atoms with Crippen molar-refractivity contribution < 1.29 is 14.5 Å². The van der Waals surface area contributed by atoms with Crippen LogP contribution in [0, 0.1) is 0 Å². The summed E-state index contributed by atoms with van der Waals surface area (Å²) in [4.78, 5) is 27.7. The normalized spacial score (nSPS) is 23.0. The highest BCUT2D eigenvalue weighted by Crippen LogP contribution is 2.35. The van der Waals surface area contributed by atoms with E-state index in [1.807, 2.05) is 29.2 Å². The van der Waals surface area contributed by atoms with Gasteiger partial charge in [-0.3, -0.25) is 4.79 Å². The average Bonchev–Trinajstić information content (AvgIpc) is 3.06. The number of hydrogen-bond acceptors (Lipinski definition) is 6. The number of fused-ring (bicyclic) bond motifs is 1. The molecule has 7 nitrogen and oxygen atoms in total. The predicted octanol–water partition coefficient (Wildman–Crippen LogP) is 2.83. The number of hydrogen-bond donors (Lipinski definition) is 1. The number of nitrogens with two attached hydrogens (primary N) is 1. The fourth-order valence-corrected chi connectivity index (χ4v) is 4.95. The van der Waals surface area contributed by atoms with Gasteiger partial charge in [-0.1, -0.05) is 42.6 Å². The van der Waals surface area contributed by atoms with Crippen LogP contribution < -0.4 is 10.8 Å². The van der Waals surface area contributed by atoms with Gasteiger partial charge < -0.3 is 19.5 Å². The zero-order valence-electron chi connectivity index (χ0n) is 17.1. The van der Waals surface area contributed by atoms with Crippen LogP contribution in [-0.4, -0.2) is 54.9 Å². The van der Waals surface area contributed by atoms with Crippen LogP contribution in [0.2, 0.25) is 0 Å². The number of likely N-dealkylation sites (tertiary alicyclic amines) is 1. The van der Waals surface area contributed by atoms with Crippen molar-refractivity contribution in [2.75, 3.05) is 31.2 Å². The van der Waals surface area contributed by atoms with Crippen molar-refractivity contribution in [3.05, 3.63) is 29.8 Å². The van der Waals surface area contributed by atoms with Crippen molar-refractivity contribution in [2.24, 2.45) is 11.1 Å². The molecule has 1 saturated heterocycles. The Labute approximate surface area is 172 Å². The van der Waals surface area contributed by atoms with E-state index < -0.39 is 0 Å². The number of rotatable bonds is 7. The molecule has 1 aromatic carbocycles. The van der Waals surface area contributed by atoms with Gasteiger partial charge in [0.25, 0.3) is 5.91 Å². The molecule has 0 radical (unpaired) electrons. The fourth-order valence-electron chi connectivity index (χ4n) is 4.95. The molecule has 0 aromatic heterocycles. The largest absolute Gasteiger partial charge is 0.395 e. The lowest BCUT2D eigenvalue weighted by Crippen LogP contribution is -2.50. The van der Waals surface area contributed by atoms with Crippen LogP contribution >= 0.6 is 0 Å². The summed E-state index contributed by atoms with van der Waals surface area (Å²) in [5, 5.41) is 4.17. The first-order valence-corrected chi connectivity index (χ1v) is 11.0. The van der Waals surface area contributed by atoms with E-state index in [1.54, 1.807) is 0 Å². The summed E-state index contributed by atoms with van der Waals surface area (Å²) >= 11 is 0. The van der Waals surface area contributed by atoms with Crippen molar-refractivity contribution in [3.63, 3.8) is 0 Å². The summed E-state index contributed by atoms with van der Waals surface area (Å²) in [6.45, 7) is 2.92. The number of carbonyl (C=O) groups excluding carboxylic acids is 1. The second-order valence-electron chi connectivity index (χ2n) is 8.25. The molecule has 2 heterocycles. The monoisotopic (exact) mass is 400 g/mol. The van der Waals surface area contributed by atoms with Gasteiger partial charge in [0.2, 0.25) is 0 Å². The number of piperidine rings is 1. The van der Waals surface area contributed by atoms with Crippen molar-refractivity contribution in [1.29, 1.82) is 0 Å². The smallest absolute Gasteiger partial charge is 0.281 e. The second-order valence-corrected chi connectivity index (χ2v) is 8.25. The molecule has 29 heavy (non-hydrogen) atoms. The van der Waals surface area contributed by atoms with Crippen LogP contribution in [0.4, 0.5) is 5.69 Å². The third-order valence-corrected chi connectivity index (χ3v) is 6.45. The van der Waals surface area contributed by atoms with Crippen LogP contribution in [0.1, 0.15) is 56.9 Å². The number of nitrogens with zero attached hydrogens (tertiary/aromatic N) is 3. The van der Waals surface area contributed by atoms with Gasteiger partial charge in [0.1, 0.15) is 6.61 Å². The molecule has 1 saturated carbocycles. The zero-order chi connectivity index (χ0) is 20.1. The minimum Gasteiger partial charge on any atom is -0.395 e. The molecule has 0 atom stereocenters. The number of carbonyl (C=O) groups is 1. The number of oxime groups is 1. The molecule has 3 aliphatic rings. The van der Waals surface area contributed by atoms with Crippen molar-refractivity contribution in [2.45, 2.75) is 63.5 Å². The fraction of sp³-hybridized carbons (Fsp3) is 0.636. The standard InChI is InChI=1S/C22H32N4O3/c23-28-15-6-16-29-24-21-19-9-4-5-10-20(19)26(22(21)27)18-11-13-25(14-12-18)17-7-2-1-3-8-17/h4-5,9-10,17-18H,1-3,6-8,11-16,23H2/b24-21-. The molecule has 2 aliphatic heterocycles. The maximum absolute atomic E-state index is 13.2. The third kappa shape index (κ3) is 4.47. The van der Waals surface area contributed by atoms with E-state index in [0.717, 1.165) is 43.2 Å². The van der Waals surface area contributed by atoms with E-state index in [4.69, 9.17) is 10.7 Å². The van der Waals surface area contributed by atoms with Crippen molar-refractivity contribution in [1.82, 2.24) is 4.90 Å². The van der Waals surface area contributed by atoms with Crippen LogP contribution in [-0.2, 0) is 14.5 Å². The Morgan fingerprint density at radius 2 is 1.76 bits per heavy atom. The van der Waals surface area contributed by atoms with Crippen LogP contribution in [0.25, 0.3) is 0 Å². The maximum atomic E-state index is 13.2. The topological polar surface area (TPSA) is 80.4 Å². The first-order chi connectivity index (χ1) is 14.3. The molecule has 158 valence electrons. The molecule has 1 aliphatic carbocycles. The van der Waals surface area contributed by atoms with Gasteiger partial charge in [-0.05, 0) is 31.7 Å². The summed E-state index contributed by atoms with van der Waals surface area (Å²) < 4.78 is 0. The van der Waals surface area contributed by atoms with E-state index in [9.17, 15) is 4.79 Å². The van der Waals surface area contributed by atoms with Gasteiger partial charge in [-0.2, -0.15) is 0 Å². The van der Waals surface area contributed by atoms with Crippen molar-refractivity contribution >= 4 is 17.3 Å². The van der Waals surface area contributed by atoms with Gasteiger partial charge >= 0.3 is 0 Å². The number of amides is 1. The van der Waals surface area contributed by atoms with Gasteiger partial charge in [0.05, 0.1) is 12.3 Å².